The smallest absolute Gasteiger partial charge is 0.280 e. The molecule has 270 valence electrons. The molecule has 1 aliphatic heterocycles. The fourth-order valence-electron chi connectivity index (χ4n) is 5.52. The van der Waals surface area contributed by atoms with Crippen LogP contribution in [-0.4, -0.2) is 83.2 Å². The minimum atomic E-state index is -2.62. The van der Waals surface area contributed by atoms with Gasteiger partial charge in [-0.25, -0.2) is 9.97 Å². The van der Waals surface area contributed by atoms with Crippen LogP contribution < -0.4 is 4.84 Å². The molecule has 0 bridgehead atoms. The van der Waals surface area contributed by atoms with Crippen LogP contribution in [0.4, 0.5) is 0 Å². The summed E-state index contributed by atoms with van der Waals surface area (Å²) in [6, 6.07) is 7.55. The van der Waals surface area contributed by atoms with Gasteiger partial charge in [0.25, 0.3) is 5.88 Å². The first-order chi connectivity index (χ1) is 22.4. The van der Waals surface area contributed by atoms with Crippen LogP contribution in [-0.2, 0) is 13.6 Å². The van der Waals surface area contributed by atoms with Crippen LogP contribution in [0.15, 0.2) is 36.9 Å². The van der Waals surface area contributed by atoms with Gasteiger partial charge in [-0.3, -0.25) is 4.57 Å². The van der Waals surface area contributed by atoms with Crippen molar-refractivity contribution in [1.82, 2.24) is 34.7 Å². The van der Waals surface area contributed by atoms with Crippen molar-refractivity contribution < 1.29 is 23.2 Å². The molecule has 4 atom stereocenters. The number of aromatic nitrogens is 7. The molecule has 1 aromatic carbocycles. The summed E-state index contributed by atoms with van der Waals surface area (Å²) in [6.45, 7) is 31.4. The van der Waals surface area contributed by atoms with E-state index in [0.717, 1.165) is 0 Å². The van der Waals surface area contributed by atoms with Gasteiger partial charge in [0.05, 0.1) is 19.0 Å². The summed E-state index contributed by atoms with van der Waals surface area (Å²) in [4.78, 5) is 32.9. The number of benzene rings is 1. The van der Waals surface area contributed by atoms with E-state index in [2.05, 4.69) is 102 Å². The fraction of sp³-hybridized carbons (Fsp3) is 0.676. The van der Waals surface area contributed by atoms with Gasteiger partial charge in [0, 0.05) is 5.92 Å². The Hall–Kier alpha value is -2.54. The first-order valence-electron chi connectivity index (χ1n) is 17.3. The number of hydrogen-bond acceptors (Lipinski definition) is 10. The molecule has 15 heteroatoms. The van der Waals surface area contributed by atoms with Gasteiger partial charge in [0.1, 0.15) is 29.7 Å². The van der Waals surface area contributed by atoms with Crippen molar-refractivity contribution in [2.75, 3.05) is 6.61 Å². The van der Waals surface area contributed by atoms with Gasteiger partial charge in [-0.2, -0.15) is 4.98 Å². The normalized spacial score (nSPS) is 21.6. The molecule has 0 spiro atoms. The molecule has 4 heterocycles. The molecule has 1 unspecified atom stereocenters. The van der Waals surface area contributed by atoms with Crippen molar-refractivity contribution in [3.63, 3.8) is 0 Å². The molecule has 4 aromatic rings. The van der Waals surface area contributed by atoms with Crippen LogP contribution in [0.25, 0.3) is 22.2 Å². The number of hydrogen-bond donors (Lipinski definition) is 1. The lowest BCUT2D eigenvalue weighted by molar-refractivity contribution is -0.0414. The average molecular weight is 728 g/mol. The van der Waals surface area contributed by atoms with Gasteiger partial charge < -0.3 is 23.2 Å². The summed E-state index contributed by atoms with van der Waals surface area (Å²) in [6.07, 6.45) is 2.80. The zero-order valence-corrected chi connectivity index (χ0v) is 34.9. The van der Waals surface area contributed by atoms with Crippen molar-refractivity contribution in [2.24, 2.45) is 5.92 Å². The Labute approximate surface area is 294 Å². The van der Waals surface area contributed by atoms with Crippen molar-refractivity contribution in [1.29, 1.82) is 0 Å². The Bertz CT molecular complexity index is 1770. The highest BCUT2D eigenvalue weighted by atomic mass is 28.4. The van der Waals surface area contributed by atoms with E-state index < -0.39 is 31.2 Å². The van der Waals surface area contributed by atoms with E-state index in [4.69, 9.17) is 23.4 Å². The minimum Gasteiger partial charge on any atom is -0.432 e. The third-order valence-electron chi connectivity index (χ3n) is 11.6. The van der Waals surface area contributed by atoms with Gasteiger partial charge >= 0.3 is 0 Å². The molecule has 5 rings (SSSR count). The van der Waals surface area contributed by atoms with Crippen LogP contribution in [0, 0.1) is 5.92 Å². The standard InChI is InChI=1S/C34H57N7O5Si3/c1-32(2,3)48(11,12)43-20-26-28(46-49(13,14)33(4,5)6)23(19-34(7,8)47(9,10)42)31(44-26)40-22-37-27-29(40)35-21-36-30(27)45-41-25-18-16-15-17-24(25)38-39-41/h15-18,21-23,26,28,31,42H,19-20H2,1-14H3/t23-,26+,28?,31+/m0/s1. The topological polar surface area (TPSA) is 131 Å². The number of para-hydroxylation sites is 1. The summed E-state index contributed by atoms with van der Waals surface area (Å²) >= 11 is 0. The largest absolute Gasteiger partial charge is 0.432 e. The van der Waals surface area contributed by atoms with Crippen LogP contribution in [0.5, 0.6) is 5.88 Å². The molecule has 3 aromatic heterocycles. The lowest BCUT2D eigenvalue weighted by Gasteiger charge is -2.44. The number of ether oxygens (including phenoxy) is 1. The number of nitrogens with zero attached hydrogens (tertiary/aromatic N) is 7. The molecule has 1 N–H and O–H groups in total. The van der Waals surface area contributed by atoms with Crippen LogP contribution in [0.1, 0.15) is 68.0 Å². The quantitative estimate of drug-likeness (QED) is 0.153. The Kier molecular flexibility index (Phi) is 9.93. The van der Waals surface area contributed by atoms with Crippen LogP contribution in [0.3, 0.4) is 0 Å². The van der Waals surface area contributed by atoms with Crippen molar-refractivity contribution in [3.8, 4) is 5.88 Å². The summed E-state index contributed by atoms with van der Waals surface area (Å²) in [5.41, 5.74) is 2.46. The maximum Gasteiger partial charge on any atom is 0.280 e. The van der Waals surface area contributed by atoms with Gasteiger partial charge in [0.15, 0.2) is 36.1 Å². The highest BCUT2D eigenvalue weighted by Gasteiger charge is 2.54. The zero-order chi connectivity index (χ0) is 36.4. The first-order valence-corrected chi connectivity index (χ1v) is 26.1. The molecule has 0 aliphatic carbocycles. The van der Waals surface area contributed by atoms with E-state index in [1.54, 1.807) is 6.33 Å². The summed E-state index contributed by atoms with van der Waals surface area (Å²) < 4.78 is 23.3. The summed E-state index contributed by atoms with van der Waals surface area (Å²) in [5.74, 6) is 0.122. The summed E-state index contributed by atoms with van der Waals surface area (Å²) in [5, 5.41) is 8.04. The van der Waals surface area contributed by atoms with E-state index >= 15 is 0 Å². The van der Waals surface area contributed by atoms with E-state index in [0.29, 0.717) is 35.2 Å². The lowest BCUT2D eigenvalue weighted by Crippen LogP contribution is -2.51. The summed E-state index contributed by atoms with van der Waals surface area (Å²) in [7, 11) is -7.02. The predicted molar refractivity (Wildman–Crippen MR) is 200 cm³/mol. The van der Waals surface area contributed by atoms with Crippen LogP contribution >= 0.6 is 0 Å². The number of rotatable bonds is 11. The molecule has 1 aliphatic rings. The second kappa shape index (κ2) is 12.9. The highest BCUT2D eigenvalue weighted by molar-refractivity contribution is 6.74. The Morgan fingerprint density at radius 2 is 1.53 bits per heavy atom. The highest BCUT2D eigenvalue weighted by Crippen LogP contribution is 2.52. The number of imidazole rings is 1. The van der Waals surface area contributed by atoms with Crippen LogP contribution in [0.2, 0.25) is 54.4 Å². The maximum absolute atomic E-state index is 11.5. The maximum atomic E-state index is 11.5. The molecular weight excluding hydrogens is 671 g/mol. The SMILES string of the molecule is CC(C)(C[C@H]1C(O[Si](C)(C)C(C)(C)C)[C@@H](CO[Si](C)(C)C(C)(C)C)O[C@H]1n1cnc2c(On3nnc4ccccc43)ncnc21)[Si](C)(C)O. The average Bonchev–Trinajstić information content (AvgIpc) is 3.66. The van der Waals surface area contributed by atoms with Crippen molar-refractivity contribution in [3.05, 3.63) is 36.9 Å². The van der Waals surface area contributed by atoms with E-state index in [1.807, 2.05) is 41.9 Å². The Morgan fingerprint density at radius 1 is 0.878 bits per heavy atom. The second-order valence-electron chi connectivity index (χ2n) is 17.8. The molecular formula is C34H57N7O5Si3. The molecule has 0 saturated carbocycles. The van der Waals surface area contributed by atoms with Crippen molar-refractivity contribution >= 4 is 47.1 Å². The van der Waals surface area contributed by atoms with E-state index in [-0.39, 0.29) is 39.1 Å². The Morgan fingerprint density at radius 3 is 2.16 bits per heavy atom. The third-order valence-corrected chi connectivity index (χ3v) is 24.1. The van der Waals surface area contributed by atoms with Gasteiger partial charge in [-0.05, 0) is 78.2 Å². The zero-order valence-electron chi connectivity index (χ0n) is 31.9. The molecule has 1 saturated heterocycles. The molecule has 12 nitrogen and oxygen atoms in total. The fourth-order valence-corrected chi connectivity index (χ4v) is 8.63. The monoisotopic (exact) mass is 727 g/mol. The molecule has 49 heavy (non-hydrogen) atoms. The van der Waals surface area contributed by atoms with Gasteiger partial charge in [-0.15, -0.1) is 5.10 Å². The van der Waals surface area contributed by atoms with E-state index in [9.17, 15) is 4.80 Å². The van der Waals surface area contributed by atoms with Gasteiger partial charge in [-0.1, -0.05) is 72.4 Å². The minimum absolute atomic E-state index is 0.0202. The Balaban J connectivity index is 1.59. The van der Waals surface area contributed by atoms with Crippen molar-refractivity contribution in [2.45, 2.75) is 135 Å². The van der Waals surface area contributed by atoms with Gasteiger partial charge in [0.2, 0.25) is 0 Å². The molecule has 0 amide bonds. The third kappa shape index (κ3) is 7.44. The van der Waals surface area contributed by atoms with E-state index in [1.165, 1.54) is 11.2 Å². The lowest BCUT2D eigenvalue weighted by atomic mass is 9.89. The number of fused-ring (bicyclic) bond motifs is 2. The molecule has 0 radical (unpaired) electrons. The molecule has 1 fully saturated rings. The second-order valence-corrected chi connectivity index (χ2v) is 31.9. The predicted octanol–water partition coefficient (Wildman–Crippen LogP) is 7.71. The first kappa shape index (κ1) is 37.7.